The van der Waals surface area contributed by atoms with Crippen molar-refractivity contribution in [2.24, 2.45) is 0 Å². The van der Waals surface area contributed by atoms with E-state index in [4.69, 9.17) is 4.74 Å². The van der Waals surface area contributed by atoms with E-state index in [1.165, 1.54) is 5.56 Å². The van der Waals surface area contributed by atoms with Crippen molar-refractivity contribution in [1.82, 2.24) is 10.2 Å². The van der Waals surface area contributed by atoms with Gasteiger partial charge >= 0.3 is 6.03 Å². The van der Waals surface area contributed by atoms with Gasteiger partial charge in [0.15, 0.2) is 0 Å². The van der Waals surface area contributed by atoms with Gasteiger partial charge in [-0.25, -0.2) is 4.79 Å². The number of amides is 3. The number of anilines is 1. The molecule has 3 amide bonds. The number of hydrogen-bond donors (Lipinski definition) is 2. The van der Waals surface area contributed by atoms with E-state index in [1.807, 2.05) is 41.3 Å². The second-order valence-corrected chi connectivity index (χ2v) is 9.33. The maximum Gasteiger partial charge on any atom is 0.321 e. The first-order valence-electron chi connectivity index (χ1n) is 11.5. The van der Waals surface area contributed by atoms with Crippen molar-refractivity contribution in [3.63, 3.8) is 0 Å². The highest BCUT2D eigenvalue weighted by atomic mass is 16.5. The molecule has 0 unspecified atom stereocenters. The molecule has 0 bridgehead atoms. The van der Waals surface area contributed by atoms with Gasteiger partial charge in [-0.3, -0.25) is 4.79 Å². The van der Waals surface area contributed by atoms with E-state index in [1.54, 1.807) is 0 Å². The second kappa shape index (κ2) is 11.0. The van der Waals surface area contributed by atoms with Crippen molar-refractivity contribution in [2.75, 3.05) is 25.0 Å². The van der Waals surface area contributed by atoms with Crippen LogP contribution in [0.5, 0.6) is 5.75 Å². The second-order valence-electron chi connectivity index (χ2n) is 9.33. The lowest BCUT2D eigenvalue weighted by Gasteiger charge is -2.19. The number of hydrogen-bond acceptors (Lipinski definition) is 3. The first-order valence-corrected chi connectivity index (χ1v) is 11.5. The number of carbonyl (C=O) groups excluding carboxylic acids is 2. The van der Waals surface area contributed by atoms with Gasteiger partial charge in [-0.15, -0.1) is 0 Å². The number of nitrogens with one attached hydrogen (secondary N) is 2. The van der Waals surface area contributed by atoms with Crippen LogP contribution in [0.15, 0.2) is 48.5 Å². The number of likely N-dealkylation sites (tertiary alicyclic amines) is 1. The van der Waals surface area contributed by atoms with Crippen LogP contribution < -0.4 is 15.4 Å². The topological polar surface area (TPSA) is 70.7 Å². The van der Waals surface area contributed by atoms with Gasteiger partial charge in [-0.05, 0) is 60.1 Å². The van der Waals surface area contributed by atoms with Gasteiger partial charge in [0.25, 0.3) is 0 Å². The summed E-state index contributed by atoms with van der Waals surface area (Å²) in [5.74, 6) is 0.814. The van der Waals surface area contributed by atoms with Gasteiger partial charge in [-0.1, -0.05) is 45.0 Å². The highest BCUT2D eigenvalue weighted by Gasteiger charge is 2.17. The average molecular weight is 438 g/mol. The van der Waals surface area contributed by atoms with Crippen molar-refractivity contribution in [1.29, 1.82) is 0 Å². The third-order valence-electron chi connectivity index (χ3n) is 5.60. The number of rotatable bonds is 8. The van der Waals surface area contributed by atoms with E-state index in [-0.39, 0.29) is 17.4 Å². The minimum atomic E-state index is -0.0586. The van der Waals surface area contributed by atoms with Crippen LogP contribution in [-0.4, -0.2) is 36.5 Å². The molecule has 0 aromatic heterocycles. The molecule has 0 atom stereocenters. The molecule has 1 aliphatic rings. The molecule has 0 aliphatic carbocycles. The number of urea groups is 1. The summed E-state index contributed by atoms with van der Waals surface area (Å²) >= 11 is 0. The Morgan fingerprint density at radius 2 is 1.75 bits per heavy atom. The molecule has 2 aromatic carbocycles. The Hall–Kier alpha value is -3.02. The summed E-state index contributed by atoms with van der Waals surface area (Å²) in [6, 6.07) is 15.7. The first kappa shape index (κ1) is 23.6. The average Bonchev–Trinajstić information content (AvgIpc) is 3.30. The molecule has 6 heteroatoms. The molecule has 0 spiro atoms. The molecule has 0 radical (unpaired) electrons. The summed E-state index contributed by atoms with van der Waals surface area (Å²) in [7, 11) is 0. The van der Waals surface area contributed by atoms with Crippen LogP contribution in [-0.2, 0) is 16.8 Å². The van der Waals surface area contributed by atoms with Gasteiger partial charge in [0.05, 0.1) is 6.61 Å². The normalized spacial score (nSPS) is 13.7. The van der Waals surface area contributed by atoms with E-state index in [0.29, 0.717) is 26.0 Å². The fraction of sp³-hybridized carbons (Fsp3) is 0.462. The van der Waals surface area contributed by atoms with Crippen LogP contribution in [0.25, 0.3) is 0 Å². The lowest BCUT2D eigenvalue weighted by atomic mass is 9.87. The maximum absolute atomic E-state index is 12.2. The van der Waals surface area contributed by atoms with Crippen LogP contribution in [0.1, 0.15) is 57.6 Å². The zero-order valence-corrected chi connectivity index (χ0v) is 19.4. The molecule has 3 rings (SSSR count). The van der Waals surface area contributed by atoms with Crippen molar-refractivity contribution >= 4 is 17.6 Å². The molecule has 1 heterocycles. The monoisotopic (exact) mass is 437 g/mol. The van der Waals surface area contributed by atoms with Crippen molar-refractivity contribution < 1.29 is 14.3 Å². The summed E-state index contributed by atoms with van der Waals surface area (Å²) in [6.07, 6.45) is 3.19. The number of carbonyl (C=O) groups is 2. The number of nitrogens with zero attached hydrogens (tertiary/aromatic N) is 1. The Bertz CT molecular complexity index is 897. The number of benzene rings is 2. The van der Waals surface area contributed by atoms with E-state index in [2.05, 4.69) is 43.5 Å². The zero-order valence-electron chi connectivity index (χ0n) is 19.4. The largest absolute Gasteiger partial charge is 0.494 e. The molecular formula is C26H35N3O3. The molecular weight excluding hydrogens is 402 g/mol. The molecule has 6 nitrogen and oxygen atoms in total. The molecule has 1 saturated heterocycles. The van der Waals surface area contributed by atoms with Crippen molar-refractivity contribution in [3.05, 3.63) is 59.7 Å². The standard InChI is InChI=1S/C26H35N3O3/c1-26(2,3)21-11-13-23(14-12-21)32-17-7-10-24(30)27-19-20-8-6-9-22(18-20)28-25(31)29-15-4-5-16-29/h6,8-9,11-14,18H,4-5,7,10,15-17,19H2,1-3H3,(H,27,30)(H,28,31). The van der Waals surface area contributed by atoms with Gasteiger partial charge in [0, 0.05) is 31.7 Å². The van der Waals surface area contributed by atoms with Crippen molar-refractivity contribution in [3.8, 4) is 5.75 Å². The Labute approximate surface area is 191 Å². The molecule has 172 valence electrons. The van der Waals surface area contributed by atoms with Crippen LogP contribution >= 0.6 is 0 Å². The van der Waals surface area contributed by atoms with Crippen LogP contribution in [0.2, 0.25) is 0 Å². The fourth-order valence-corrected chi connectivity index (χ4v) is 3.64. The molecule has 32 heavy (non-hydrogen) atoms. The van der Waals surface area contributed by atoms with E-state index < -0.39 is 0 Å². The van der Waals surface area contributed by atoms with Crippen LogP contribution in [0, 0.1) is 0 Å². The van der Waals surface area contributed by atoms with E-state index >= 15 is 0 Å². The Kier molecular flexibility index (Phi) is 8.14. The lowest BCUT2D eigenvalue weighted by Crippen LogP contribution is -2.32. The zero-order chi connectivity index (χ0) is 23.0. The summed E-state index contributed by atoms with van der Waals surface area (Å²) in [5, 5.41) is 5.88. The minimum Gasteiger partial charge on any atom is -0.494 e. The van der Waals surface area contributed by atoms with Gasteiger partial charge in [0.2, 0.25) is 5.91 Å². The first-order chi connectivity index (χ1) is 15.3. The smallest absolute Gasteiger partial charge is 0.321 e. The van der Waals surface area contributed by atoms with Gasteiger partial charge in [-0.2, -0.15) is 0 Å². The summed E-state index contributed by atoms with van der Waals surface area (Å²) < 4.78 is 5.76. The molecule has 1 fully saturated rings. The van der Waals surface area contributed by atoms with Crippen LogP contribution in [0.3, 0.4) is 0 Å². The number of ether oxygens (including phenoxy) is 1. The maximum atomic E-state index is 12.2. The lowest BCUT2D eigenvalue weighted by molar-refractivity contribution is -0.121. The quantitative estimate of drug-likeness (QED) is 0.565. The molecule has 0 saturated carbocycles. The highest BCUT2D eigenvalue weighted by Crippen LogP contribution is 2.24. The summed E-state index contributed by atoms with van der Waals surface area (Å²) in [4.78, 5) is 26.2. The SMILES string of the molecule is CC(C)(C)c1ccc(OCCCC(=O)NCc2cccc(NC(=O)N3CCCC3)c2)cc1. The van der Waals surface area contributed by atoms with E-state index in [9.17, 15) is 9.59 Å². The van der Waals surface area contributed by atoms with E-state index in [0.717, 1.165) is 42.9 Å². The predicted octanol–water partition coefficient (Wildman–Crippen LogP) is 5.09. The Morgan fingerprint density at radius 1 is 1.03 bits per heavy atom. The third kappa shape index (κ3) is 7.29. The van der Waals surface area contributed by atoms with Crippen molar-refractivity contribution in [2.45, 2.75) is 58.4 Å². The third-order valence-corrected chi connectivity index (χ3v) is 5.60. The molecule has 2 aromatic rings. The Balaban J connectivity index is 1.35. The highest BCUT2D eigenvalue weighted by molar-refractivity contribution is 5.89. The van der Waals surface area contributed by atoms with Gasteiger partial charge in [0.1, 0.15) is 5.75 Å². The predicted molar refractivity (Wildman–Crippen MR) is 128 cm³/mol. The molecule has 2 N–H and O–H groups in total. The molecule has 1 aliphatic heterocycles. The summed E-state index contributed by atoms with van der Waals surface area (Å²) in [5.41, 5.74) is 3.09. The Morgan fingerprint density at radius 3 is 2.44 bits per heavy atom. The van der Waals surface area contributed by atoms with Crippen LogP contribution in [0.4, 0.5) is 10.5 Å². The fourth-order valence-electron chi connectivity index (χ4n) is 3.64. The minimum absolute atomic E-state index is 0.0109. The summed E-state index contributed by atoms with van der Waals surface area (Å²) in [6.45, 7) is 9.11. The van der Waals surface area contributed by atoms with Gasteiger partial charge < -0.3 is 20.3 Å².